The topological polar surface area (TPSA) is 128 Å². The zero-order valence-electron chi connectivity index (χ0n) is 23.0. The Kier molecular flexibility index (Phi) is 7.48. The molecule has 2 aliphatic heterocycles. The lowest BCUT2D eigenvalue weighted by atomic mass is 10.1. The van der Waals surface area contributed by atoms with Crippen LogP contribution in [0, 0.1) is 5.82 Å². The largest absolute Gasteiger partial charge is 0.379 e. The first-order chi connectivity index (χ1) is 20.6. The van der Waals surface area contributed by atoms with Gasteiger partial charge < -0.3 is 14.5 Å². The number of anilines is 1. The molecule has 2 saturated heterocycles. The van der Waals surface area contributed by atoms with Crippen molar-refractivity contribution in [1.29, 1.82) is 0 Å². The number of sulfone groups is 1. The molecule has 6 rings (SSSR count). The number of rotatable bonds is 6. The summed E-state index contributed by atoms with van der Waals surface area (Å²) in [5, 5.41) is -0.707. The summed E-state index contributed by atoms with van der Waals surface area (Å²) in [6, 6.07) is 10.2. The molecule has 0 radical (unpaired) electrons. The summed E-state index contributed by atoms with van der Waals surface area (Å²) in [5.74, 6) is -0.531. The standard InChI is InChI=1S/C29H26ClFN6O5S/c1-3-24(38)35-11-12-36(17(2)14-35)26-20-13-21(30)25(19-7-4-5-8-22(19)31)33-27(20)37(29(39)34-26)23-9-6-10-32-28(23)43(40,41)18-15-42-16-18/h3-10,13,17-18H,1,11-12,14-16H2,2H3/t17-/m0/s1. The Labute approximate surface area is 251 Å². The van der Waals surface area contributed by atoms with Crippen LogP contribution in [0.2, 0.25) is 5.02 Å². The minimum atomic E-state index is -3.99. The third-order valence-corrected chi connectivity index (χ3v) is 9.92. The van der Waals surface area contributed by atoms with Crippen LogP contribution in [-0.2, 0) is 19.4 Å². The summed E-state index contributed by atoms with van der Waals surface area (Å²) in [6.45, 7) is 6.50. The number of benzene rings is 1. The van der Waals surface area contributed by atoms with Gasteiger partial charge in [-0.3, -0.25) is 4.79 Å². The van der Waals surface area contributed by atoms with Crippen LogP contribution in [0.5, 0.6) is 0 Å². The first kappa shape index (κ1) is 28.9. The average Bonchev–Trinajstić information content (AvgIpc) is 2.95. The number of carbonyl (C=O) groups is 1. The van der Waals surface area contributed by atoms with Crippen LogP contribution in [0.1, 0.15) is 6.92 Å². The zero-order valence-corrected chi connectivity index (χ0v) is 24.6. The molecule has 1 atom stereocenters. The highest BCUT2D eigenvalue weighted by Crippen LogP contribution is 2.36. The zero-order chi connectivity index (χ0) is 30.5. The van der Waals surface area contributed by atoms with E-state index < -0.39 is 26.6 Å². The predicted molar refractivity (Wildman–Crippen MR) is 159 cm³/mol. The molecule has 2 aliphatic rings. The van der Waals surface area contributed by atoms with Gasteiger partial charge >= 0.3 is 5.69 Å². The van der Waals surface area contributed by atoms with Crippen molar-refractivity contribution in [2.75, 3.05) is 37.7 Å². The maximum Gasteiger partial charge on any atom is 0.355 e. The second-order valence-electron chi connectivity index (χ2n) is 10.3. The smallest absolute Gasteiger partial charge is 0.355 e. The van der Waals surface area contributed by atoms with Crippen LogP contribution in [-0.4, -0.2) is 82.9 Å². The van der Waals surface area contributed by atoms with E-state index in [1.807, 2.05) is 11.8 Å². The van der Waals surface area contributed by atoms with Crippen molar-refractivity contribution in [1.82, 2.24) is 24.4 Å². The minimum Gasteiger partial charge on any atom is -0.379 e. The van der Waals surface area contributed by atoms with Crippen molar-refractivity contribution in [3.63, 3.8) is 0 Å². The molecule has 1 amide bonds. The molecule has 0 unspecified atom stereocenters. The first-order valence-corrected chi connectivity index (χ1v) is 15.4. The number of pyridine rings is 2. The van der Waals surface area contributed by atoms with Crippen LogP contribution >= 0.6 is 11.6 Å². The lowest BCUT2D eigenvalue weighted by Crippen LogP contribution is -2.54. The Morgan fingerprint density at radius 2 is 1.93 bits per heavy atom. The summed E-state index contributed by atoms with van der Waals surface area (Å²) in [6.07, 6.45) is 2.58. The van der Waals surface area contributed by atoms with Crippen LogP contribution < -0.4 is 10.6 Å². The van der Waals surface area contributed by atoms with Crippen LogP contribution in [0.4, 0.5) is 10.2 Å². The molecule has 3 aromatic heterocycles. The Balaban J connectivity index is 1.61. The highest BCUT2D eigenvalue weighted by molar-refractivity contribution is 7.92. The van der Waals surface area contributed by atoms with Gasteiger partial charge in [-0.2, -0.15) is 4.98 Å². The third kappa shape index (κ3) is 4.96. The number of halogens is 2. The molecule has 222 valence electrons. The van der Waals surface area contributed by atoms with E-state index >= 15 is 0 Å². The van der Waals surface area contributed by atoms with Crippen molar-refractivity contribution in [3.8, 4) is 16.9 Å². The summed E-state index contributed by atoms with van der Waals surface area (Å²) in [7, 11) is -3.99. The van der Waals surface area contributed by atoms with Crippen molar-refractivity contribution in [2.24, 2.45) is 0 Å². The fourth-order valence-corrected chi connectivity index (χ4v) is 7.09. The summed E-state index contributed by atoms with van der Waals surface area (Å²) in [5.41, 5.74) is -0.686. The molecular weight excluding hydrogens is 599 g/mol. The van der Waals surface area contributed by atoms with Gasteiger partial charge in [0.15, 0.2) is 10.7 Å². The molecule has 0 spiro atoms. The molecule has 1 aromatic carbocycles. The van der Waals surface area contributed by atoms with E-state index in [1.54, 1.807) is 17.0 Å². The van der Waals surface area contributed by atoms with Crippen molar-refractivity contribution in [2.45, 2.75) is 23.2 Å². The van der Waals surface area contributed by atoms with E-state index in [4.69, 9.17) is 16.3 Å². The van der Waals surface area contributed by atoms with Crippen molar-refractivity contribution in [3.05, 3.63) is 82.6 Å². The van der Waals surface area contributed by atoms with E-state index in [-0.39, 0.29) is 63.6 Å². The SMILES string of the molecule is C=CC(=O)N1CCN(c2nc(=O)n(-c3cccnc3S(=O)(=O)C3COC3)c3nc(-c4ccccc4F)c(Cl)cc23)[C@@H](C)C1. The summed E-state index contributed by atoms with van der Waals surface area (Å²) in [4.78, 5) is 42.9. The minimum absolute atomic E-state index is 0.00863. The maximum absolute atomic E-state index is 14.9. The molecule has 2 fully saturated rings. The number of hydrogen-bond acceptors (Lipinski definition) is 9. The van der Waals surface area contributed by atoms with Crippen LogP contribution in [0.25, 0.3) is 28.0 Å². The quantitative estimate of drug-likeness (QED) is 0.297. The van der Waals surface area contributed by atoms with Crippen molar-refractivity contribution >= 4 is 44.2 Å². The van der Waals surface area contributed by atoms with E-state index in [0.717, 1.165) is 4.57 Å². The van der Waals surface area contributed by atoms with Gasteiger partial charge in [-0.15, -0.1) is 0 Å². The number of fused-ring (bicyclic) bond motifs is 1. The number of nitrogens with zero attached hydrogens (tertiary/aromatic N) is 6. The summed E-state index contributed by atoms with van der Waals surface area (Å²) >= 11 is 6.70. The number of ether oxygens (including phenoxy) is 1. The van der Waals surface area contributed by atoms with E-state index in [1.165, 1.54) is 42.6 Å². The highest BCUT2D eigenvalue weighted by Gasteiger charge is 2.38. The molecule has 0 aliphatic carbocycles. The van der Waals surface area contributed by atoms with E-state index in [2.05, 4.69) is 21.5 Å². The van der Waals surface area contributed by atoms with Gasteiger partial charge in [0.25, 0.3) is 0 Å². The van der Waals surface area contributed by atoms with E-state index in [9.17, 15) is 22.4 Å². The number of carbonyl (C=O) groups excluding carboxylic acids is 1. The fraction of sp³-hybridized carbons (Fsp3) is 0.276. The van der Waals surface area contributed by atoms with Gasteiger partial charge in [-0.05, 0) is 43.3 Å². The molecular formula is C29H26ClFN6O5S. The molecule has 43 heavy (non-hydrogen) atoms. The molecule has 4 aromatic rings. The third-order valence-electron chi connectivity index (χ3n) is 7.62. The second kappa shape index (κ2) is 11.1. The Morgan fingerprint density at radius 3 is 2.60 bits per heavy atom. The predicted octanol–water partition coefficient (Wildman–Crippen LogP) is 3.03. The fourth-order valence-electron chi connectivity index (χ4n) is 5.31. The molecule has 14 heteroatoms. The summed E-state index contributed by atoms with van der Waals surface area (Å²) < 4.78 is 48.1. The van der Waals surface area contributed by atoms with Gasteiger partial charge in [-0.1, -0.05) is 30.3 Å². The van der Waals surface area contributed by atoms with Crippen LogP contribution in [0.15, 0.2) is 71.1 Å². The molecule has 0 bridgehead atoms. The van der Waals surface area contributed by atoms with Crippen LogP contribution in [0.3, 0.4) is 0 Å². The molecule has 0 N–H and O–H groups in total. The number of aromatic nitrogens is 4. The van der Waals surface area contributed by atoms with Gasteiger partial charge in [0.05, 0.1) is 35.0 Å². The average molecular weight is 625 g/mol. The lowest BCUT2D eigenvalue weighted by molar-refractivity contribution is -0.126. The number of piperazine rings is 1. The number of hydrogen-bond donors (Lipinski definition) is 0. The normalized spacial score (nSPS) is 17.6. The Bertz CT molecular complexity index is 1950. The van der Waals surface area contributed by atoms with Gasteiger partial charge in [-0.25, -0.2) is 32.1 Å². The molecule has 11 nitrogen and oxygen atoms in total. The van der Waals surface area contributed by atoms with Gasteiger partial charge in [0, 0.05) is 37.4 Å². The Hall–Kier alpha value is -4.20. The maximum atomic E-state index is 14.9. The second-order valence-corrected chi connectivity index (χ2v) is 12.8. The van der Waals surface area contributed by atoms with Gasteiger partial charge in [0.2, 0.25) is 15.7 Å². The highest BCUT2D eigenvalue weighted by atomic mass is 35.5. The van der Waals surface area contributed by atoms with E-state index in [0.29, 0.717) is 25.0 Å². The Morgan fingerprint density at radius 1 is 1.16 bits per heavy atom. The van der Waals surface area contributed by atoms with Gasteiger partial charge in [0.1, 0.15) is 16.9 Å². The molecule has 0 saturated carbocycles. The van der Waals surface area contributed by atoms with Crippen molar-refractivity contribution < 1.29 is 22.3 Å². The first-order valence-electron chi connectivity index (χ1n) is 13.4. The molecule has 5 heterocycles. The number of amides is 1. The lowest BCUT2D eigenvalue weighted by Gasteiger charge is -2.40. The monoisotopic (exact) mass is 624 g/mol.